The SMILES string of the molecule is COCCCN(CCOC)c1nc(NN)nc2sccc12. The Kier molecular flexibility index (Phi) is 6.12. The minimum atomic E-state index is 0.425. The number of hydrazine groups is 1. The first kappa shape index (κ1) is 15.9. The van der Waals surface area contributed by atoms with Crippen molar-refractivity contribution in [3.05, 3.63) is 11.4 Å². The summed E-state index contributed by atoms with van der Waals surface area (Å²) in [6.07, 6.45) is 0.918. The third kappa shape index (κ3) is 4.01. The minimum Gasteiger partial charge on any atom is -0.385 e. The van der Waals surface area contributed by atoms with Crippen molar-refractivity contribution in [3.63, 3.8) is 0 Å². The van der Waals surface area contributed by atoms with Gasteiger partial charge in [-0.1, -0.05) is 0 Å². The molecule has 0 unspecified atom stereocenters. The highest BCUT2D eigenvalue weighted by Gasteiger charge is 2.15. The molecule has 0 aromatic carbocycles. The Labute approximate surface area is 128 Å². The number of thiophene rings is 1. The molecule has 2 rings (SSSR count). The quantitative estimate of drug-likeness (QED) is 0.412. The molecule has 0 aliphatic heterocycles. The Morgan fingerprint density at radius 3 is 2.76 bits per heavy atom. The van der Waals surface area contributed by atoms with Gasteiger partial charge < -0.3 is 14.4 Å². The van der Waals surface area contributed by atoms with Crippen molar-refractivity contribution in [2.75, 3.05) is 50.8 Å². The Bertz CT molecular complexity index is 562. The summed E-state index contributed by atoms with van der Waals surface area (Å²) in [5, 5.41) is 3.04. The Morgan fingerprint density at radius 2 is 2.05 bits per heavy atom. The number of rotatable bonds is 9. The van der Waals surface area contributed by atoms with Crippen LogP contribution in [0.15, 0.2) is 11.4 Å². The van der Waals surface area contributed by atoms with Crippen molar-refractivity contribution < 1.29 is 9.47 Å². The molecule has 0 saturated heterocycles. The number of nitrogen functional groups attached to an aromatic ring is 1. The summed E-state index contributed by atoms with van der Waals surface area (Å²) in [5.41, 5.74) is 2.53. The highest BCUT2D eigenvalue weighted by Crippen LogP contribution is 2.29. The van der Waals surface area contributed by atoms with Gasteiger partial charge in [-0.3, -0.25) is 5.43 Å². The maximum atomic E-state index is 5.47. The molecule has 116 valence electrons. The molecular weight excluding hydrogens is 290 g/mol. The standard InChI is InChI=1S/C13H21N5O2S/c1-19-7-3-5-18(6-8-20-2)11-10-4-9-21-12(10)16-13(15-11)17-14/h4,9H,3,5-8,14H2,1-2H3,(H,15,16,17). The zero-order valence-corrected chi connectivity index (χ0v) is 13.2. The van der Waals surface area contributed by atoms with Gasteiger partial charge in [0.25, 0.3) is 0 Å². The van der Waals surface area contributed by atoms with Crippen molar-refractivity contribution in [2.24, 2.45) is 5.84 Å². The maximum absolute atomic E-state index is 5.47. The van der Waals surface area contributed by atoms with Crippen LogP contribution in [0.25, 0.3) is 10.2 Å². The van der Waals surface area contributed by atoms with Gasteiger partial charge in [0.2, 0.25) is 5.95 Å². The Hall–Kier alpha value is -1.48. The lowest BCUT2D eigenvalue weighted by molar-refractivity contribution is 0.191. The molecule has 8 heteroatoms. The minimum absolute atomic E-state index is 0.425. The molecule has 7 nitrogen and oxygen atoms in total. The second kappa shape index (κ2) is 8.08. The van der Waals surface area contributed by atoms with Crippen LogP contribution in [-0.4, -0.2) is 50.5 Å². The molecule has 0 bridgehead atoms. The first-order chi connectivity index (χ1) is 10.3. The average Bonchev–Trinajstić information content (AvgIpc) is 2.98. The second-order valence-electron chi connectivity index (χ2n) is 4.48. The fourth-order valence-corrected chi connectivity index (χ4v) is 2.83. The second-order valence-corrected chi connectivity index (χ2v) is 5.38. The van der Waals surface area contributed by atoms with Crippen LogP contribution in [0.2, 0.25) is 0 Å². The van der Waals surface area contributed by atoms with Crippen molar-refractivity contribution >= 4 is 33.3 Å². The van der Waals surface area contributed by atoms with Gasteiger partial charge in [-0.15, -0.1) is 11.3 Å². The summed E-state index contributed by atoms with van der Waals surface area (Å²) in [7, 11) is 3.40. The molecule has 2 aromatic rings. The van der Waals surface area contributed by atoms with E-state index in [9.17, 15) is 0 Å². The van der Waals surface area contributed by atoms with Gasteiger partial charge in [-0.05, 0) is 17.9 Å². The van der Waals surface area contributed by atoms with Crippen LogP contribution in [0.5, 0.6) is 0 Å². The van der Waals surface area contributed by atoms with Crippen LogP contribution in [0, 0.1) is 0 Å². The largest absolute Gasteiger partial charge is 0.385 e. The molecule has 0 aliphatic rings. The lowest BCUT2D eigenvalue weighted by Crippen LogP contribution is -2.30. The number of hydrogen-bond acceptors (Lipinski definition) is 8. The van der Waals surface area contributed by atoms with E-state index in [0.717, 1.165) is 35.5 Å². The molecule has 3 N–H and O–H groups in total. The molecular formula is C13H21N5O2S. The number of fused-ring (bicyclic) bond motifs is 1. The zero-order valence-electron chi connectivity index (χ0n) is 12.3. The third-order valence-corrected chi connectivity index (χ3v) is 3.88. The first-order valence-corrected chi connectivity index (χ1v) is 7.62. The molecule has 2 aromatic heterocycles. The highest BCUT2D eigenvalue weighted by atomic mass is 32.1. The smallest absolute Gasteiger partial charge is 0.240 e. The van der Waals surface area contributed by atoms with Crippen molar-refractivity contribution in [2.45, 2.75) is 6.42 Å². The normalized spacial score (nSPS) is 11.0. The molecule has 0 spiro atoms. The summed E-state index contributed by atoms with van der Waals surface area (Å²) in [4.78, 5) is 12.0. The molecule has 0 atom stereocenters. The zero-order chi connectivity index (χ0) is 15.1. The van der Waals surface area contributed by atoms with Gasteiger partial charge in [0.1, 0.15) is 10.6 Å². The van der Waals surface area contributed by atoms with Crippen molar-refractivity contribution in [3.8, 4) is 0 Å². The van der Waals surface area contributed by atoms with Crippen LogP contribution in [0.4, 0.5) is 11.8 Å². The van der Waals surface area contributed by atoms with E-state index in [1.54, 1.807) is 25.6 Å². The molecule has 21 heavy (non-hydrogen) atoms. The van der Waals surface area contributed by atoms with Crippen LogP contribution >= 0.6 is 11.3 Å². The number of nitrogens with zero attached hydrogens (tertiary/aromatic N) is 3. The number of anilines is 2. The molecule has 0 fully saturated rings. The van der Waals surface area contributed by atoms with Gasteiger partial charge >= 0.3 is 0 Å². The molecule has 0 aliphatic carbocycles. The number of ether oxygens (including phenoxy) is 2. The molecule has 0 radical (unpaired) electrons. The van der Waals surface area contributed by atoms with Gasteiger partial charge in [0, 0.05) is 33.9 Å². The summed E-state index contributed by atoms with van der Waals surface area (Å²) in [5.74, 6) is 6.77. The molecule has 0 saturated carbocycles. The molecule has 0 amide bonds. The maximum Gasteiger partial charge on any atom is 0.240 e. The summed E-state index contributed by atoms with van der Waals surface area (Å²) in [6.45, 7) is 2.94. The average molecular weight is 311 g/mol. The van der Waals surface area contributed by atoms with E-state index in [4.69, 9.17) is 15.3 Å². The topological polar surface area (TPSA) is 85.5 Å². The number of nitrogens with two attached hydrogens (primary N) is 1. The highest BCUT2D eigenvalue weighted by molar-refractivity contribution is 7.16. The van der Waals surface area contributed by atoms with Crippen LogP contribution in [0.3, 0.4) is 0 Å². The van der Waals surface area contributed by atoms with E-state index >= 15 is 0 Å². The predicted molar refractivity (Wildman–Crippen MR) is 85.8 cm³/mol. The lowest BCUT2D eigenvalue weighted by Gasteiger charge is -2.24. The number of methoxy groups -OCH3 is 2. The van der Waals surface area contributed by atoms with Crippen molar-refractivity contribution in [1.82, 2.24) is 9.97 Å². The van der Waals surface area contributed by atoms with Crippen LogP contribution < -0.4 is 16.2 Å². The van der Waals surface area contributed by atoms with Crippen LogP contribution in [0.1, 0.15) is 6.42 Å². The van der Waals surface area contributed by atoms with Crippen LogP contribution in [-0.2, 0) is 9.47 Å². The fourth-order valence-electron chi connectivity index (χ4n) is 2.07. The fraction of sp³-hybridized carbons (Fsp3) is 0.538. The van der Waals surface area contributed by atoms with E-state index in [2.05, 4.69) is 20.3 Å². The first-order valence-electron chi connectivity index (χ1n) is 6.74. The van der Waals surface area contributed by atoms with E-state index < -0.39 is 0 Å². The van der Waals surface area contributed by atoms with E-state index in [1.807, 2.05) is 11.4 Å². The third-order valence-electron chi connectivity index (χ3n) is 3.08. The van der Waals surface area contributed by atoms with E-state index in [-0.39, 0.29) is 0 Å². The lowest BCUT2D eigenvalue weighted by atomic mass is 10.3. The summed E-state index contributed by atoms with van der Waals surface area (Å²) < 4.78 is 10.3. The Morgan fingerprint density at radius 1 is 1.24 bits per heavy atom. The van der Waals surface area contributed by atoms with Gasteiger partial charge in [0.15, 0.2) is 0 Å². The van der Waals surface area contributed by atoms with E-state index in [1.165, 1.54) is 0 Å². The molecule has 2 heterocycles. The van der Waals surface area contributed by atoms with Gasteiger partial charge in [-0.2, -0.15) is 4.98 Å². The van der Waals surface area contributed by atoms with Gasteiger partial charge in [-0.25, -0.2) is 10.8 Å². The van der Waals surface area contributed by atoms with E-state index in [0.29, 0.717) is 19.2 Å². The number of aromatic nitrogens is 2. The summed E-state index contributed by atoms with van der Waals surface area (Å²) >= 11 is 1.57. The number of nitrogens with one attached hydrogen (secondary N) is 1. The Balaban J connectivity index is 2.29. The number of hydrogen-bond donors (Lipinski definition) is 2. The predicted octanol–water partition coefficient (Wildman–Crippen LogP) is 1.47. The van der Waals surface area contributed by atoms with Crippen molar-refractivity contribution in [1.29, 1.82) is 0 Å². The monoisotopic (exact) mass is 311 g/mol. The summed E-state index contributed by atoms with van der Waals surface area (Å²) in [6, 6.07) is 2.03. The van der Waals surface area contributed by atoms with Gasteiger partial charge in [0.05, 0.1) is 12.0 Å².